The van der Waals surface area contributed by atoms with E-state index >= 15 is 0 Å². The number of amides is 3. The third-order valence-corrected chi connectivity index (χ3v) is 8.39. The van der Waals surface area contributed by atoms with Crippen LogP contribution in [0.5, 0.6) is 0 Å². The van der Waals surface area contributed by atoms with Gasteiger partial charge in [-0.05, 0) is 19.3 Å². The molecule has 0 saturated heterocycles. The molecule has 294 valence electrons. The minimum absolute atomic E-state index is 0.0202. The fraction of sp³-hybridized carbons (Fsp3) is 0.800. The molecule has 1 aliphatic rings. The number of nitrogens with one attached hydrogen (secondary N) is 3. The molecule has 0 aliphatic heterocycles. The Morgan fingerprint density at radius 2 is 0.725 bits per heavy atom. The van der Waals surface area contributed by atoms with Crippen LogP contribution >= 0.6 is 37.9 Å². The second-order valence-corrected chi connectivity index (χ2v) is 12.1. The SMILES string of the molecule is O=C(N[C@@H](CS)C(=O)OCCOCCO)C1CC(C(=O)N[C@@H](CS)C(=O)OCCOCCO)CC(C(=O)N[C@@H](CS)C(=O)OCCOCCO)C1. The normalized spacial score (nSPS) is 18.8. The predicted molar refractivity (Wildman–Crippen MR) is 188 cm³/mol. The number of ether oxygens (including phenoxy) is 6. The number of hydrogen-bond acceptors (Lipinski definition) is 18. The lowest BCUT2D eigenvalue weighted by atomic mass is 9.73. The molecule has 0 aromatic carbocycles. The van der Waals surface area contributed by atoms with Crippen LogP contribution < -0.4 is 16.0 Å². The van der Waals surface area contributed by atoms with Crippen LogP contribution in [0.25, 0.3) is 0 Å². The van der Waals surface area contributed by atoms with Crippen molar-refractivity contribution in [1.82, 2.24) is 16.0 Å². The van der Waals surface area contributed by atoms with Gasteiger partial charge in [0.15, 0.2) is 0 Å². The highest BCUT2D eigenvalue weighted by molar-refractivity contribution is 7.80. The molecular formula is C30H51N3O15S3. The van der Waals surface area contributed by atoms with Crippen molar-refractivity contribution < 1.29 is 72.5 Å². The predicted octanol–water partition coefficient (Wildman–Crippen LogP) is -3.08. The average molecular weight is 790 g/mol. The molecule has 6 N–H and O–H groups in total. The molecule has 0 spiro atoms. The highest BCUT2D eigenvalue weighted by atomic mass is 32.1. The van der Waals surface area contributed by atoms with Crippen molar-refractivity contribution in [2.45, 2.75) is 37.4 Å². The van der Waals surface area contributed by atoms with Crippen LogP contribution in [0.2, 0.25) is 0 Å². The first-order valence-corrected chi connectivity index (χ1v) is 18.3. The van der Waals surface area contributed by atoms with Crippen LogP contribution in [-0.4, -0.2) is 166 Å². The average Bonchev–Trinajstić information content (AvgIpc) is 3.13. The van der Waals surface area contributed by atoms with Crippen LogP contribution in [-0.2, 0) is 57.2 Å². The molecule has 1 rings (SSSR count). The van der Waals surface area contributed by atoms with Gasteiger partial charge in [0.05, 0.1) is 59.5 Å². The molecule has 51 heavy (non-hydrogen) atoms. The van der Waals surface area contributed by atoms with Crippen molar-refractivity contribution in [3.63, 3.8) is 0 Å². The Kier molecular flexibility index (Phi) is 25.8. The molecule has 0 unspecified atom stereocenters. The number of hydrogen-bond donors (Lipinski definition) is 9. The Balaban J connectivity index is 3.07. The molecule has 3 atom stereocenters. The van der Waals surface area contributed by atoms with E-state index in [2.05, 4.69) is 53.8 Å². The number of aliphatic hydroxyl groups is 3. The molecule has 0 radical (unpaired) electrons. The van der Waals surface area contributed by atoms with E-state index in [9.17, 15) is 28.8 Å². The Labute approximate surface area is 312 Å². The van der Waals surface area contributed by atoms with E-state index in [0.717, 1.165) is 0 Å². The van der Waals surface area contributed by atoms with Crippen molar-refractivity contribution >= 4 is 73.5 Å². The summed E-state index contributed by atoms with van der Waals surface area (Å²) >= 11 is 12.4. The van der Waals surface area contributed by atoms with Gasteiger partial charge in [0, 0.05) is 35.0 Å². The van der Waals surface area contributed by atoms with Crippen molar-refractivity contribution in [3.05, 3.63) is 0 Å². The van der Waals surface area contributed by atoms with E-state index in [-0.39, 0.29) is 116 Å². The summed E-state index contributed by atoms with van der Waals surface area (Å²) in [6, 6.07) is -3.52. The van der Waals surface area contributed by atoms with Crippen molar-refractivity contribution in [1.29, 1.82) is 0 Å². The van der Waals surface area contributed by atoms with Crippen LogP contribution in [0.15, 0.2) is 0 Å². The second kappa shape index (κ2) is 28.2. The van der Waals surface area contributed by atoms with E-state index in [1.165, 1.54) is 0 Å². The maximum atomic E-state index is 13.5. The third-order valence-electron chi connectivity index (χ3n) is 7.29. The molecule has 3 amide bonds. The number of carbonyl (C=O) groups is 6. The summed E-state index contributed by atoms with van der Waals surface area (Å²) in [6.07, 6.45) is -0.167. The molecule has 0 aromatic rings. The molecule has 0 aromatic heterocycles. The molecule has 18 nitrogen and oxygen atoms in total. The first-order valence-electron chi connectivity index (χ1n) is 16.4. The largest absolute Gasteiger partial charge is 0.462 e. The highest BCUT2D eigenvalue weighted by Gasteiger charge is 2.41. The van der Waals surface area contributed by atoms with Gasteiger partial charge < -0.3 is 59.7 Å². The monoisotopic (exact) mass is 789 g/mol. The topological polar surface area (TPSA) is 255 Å². The molecule has 0 heterocycles. The van der Waals surface area contributed by atoms with Gasteiger partial charge in [-0.2, -0.15) is 37.9 Å². The number of rotatable bonds is 27. The highest BCUT2D eigenvalue weighted by Crippen LogP contribution is 2.34. The van der Waals surface area contributed by atoms with Gasteiger partial charge in [0.25, 0.3) is 0 Å². The summed E-state index contributed by atoms with van der Waals surface area (Å²) in [7, 11) is 0. The van der Waals surface area contributed by atoms with E-state index < -0.39 is 71.5 Å². The summed E-state index contributed by atoms with van der Waals surface area (Å²) in [4.78, 5) is 78.3. The Hall–Kier alpha value is -2.37. The number of esters is 3. The number of carbonyl (C=O) groups excluding carboxylic acids is 6. The standard InChI is InChI=1S/C30H51N3O15S3/c34-1-4-43-7-10-46-28(40)22(16-49)31-25(37)19-13-20(26(38)32-23(17-50)29(41)47-11-8-44-5-2-35)15-21(14-19)27(39)33-24(18-51)30(42)48-12-9-45-6-3-36/h19-24,34-36,49-51H,1-18H2,(H,31,37)(H,32,38)(H,33,39)/t19?,20?,21?,22-,23-,24-/m0/s1. The van der Waals surface area contributed by atoms with Gasteiger partial charge >= 0.3 is 17.9 Å². The molecule has 0 bridgehead atoms. The van der Waals surface area contributed by atoms with Crippen LogP contribution in [0, 0.1) is 17.8 Å². The van der Waals surface area contributed by atoms with E-state index in [1.54, 1.807) is 0 Å². The molecule has 1 saturated carbocycles. The van der Waals surface area contributed by atoms with Gasteiger partial charge in [-0.25, -0.2) is 14.4 Å². The van der Waals surface area contributed by atoms with Crippen LogP contribution in [0.4, 0.5) is 0 Å². The van der Waals surface area contributed by atoms with E-state index in [4.69, 9.17) is 43.7 Å². The number of aliphatic hydroxyl groups excluding tert-OH is 3. The summed E-state index contributed by atoms with van der Waals surface area (Å²) in [5.74, 6) is -7.63. The lowest BCUT2D eigenvalue weighted by Gasteiger charge is -2.34. The fourth-order valence-corrected chi connectivity index (χ4v) is 5.49. The quantitative estimate of drug-likeness (QED) is 0.0173. The van der Waals surface area contributed by atoms with E-state index in [0.29, 0.717) is 0 Å². The van der Waals surface area contributed by atoms with Crippen LogP contribution in [0.3, 0.4) is 0 Å². The molecule has 1 fully saturated rings. The zero-order valence-corrected chi connectivity index (χ0v) is 31.0. The molecular weight excluding hydrogens is 739 g/mol. The zero-order valence-electron chi connectivity index (χ0n) is 28.3. The molecule has 21 heteroatoms. The first-order chi connectivity index (χ1) is 24.6. The fourth-order valence-electron chi connectivity index (χ4n) is 4.77. The zero-order chi connectivity index (χ0) is 38.0. The van der Waals surface area contributed by atoms with Crippen molar-refractivity contribution in [3.8, 4) is 0 Å². The Morgan fingerprint density at radius 3 is 0.941 bits per heavy atom. The Bertz CT molecular complexity index is 943. The lowest BCUT2D eigenvalue weighted by molar-refractivity contribution is -0.150. The summed E-state index contributed by atoms with van der Waals surface area (Å²) in [5.41, 5.74) is 0. The van der Waals surface area contributed by atoms with Crippen molar-refractivity contribution in [2.24, 2.45) is 17.8 Å². The van der Waals surface area contributed by atoms with Gasteiger partial charge in [-0.1, -0.05) is 0 Å². The summed E-state index contributed by atoms with van der Waals surface area (Å²) in [6.45, 7) is -0.789. The van der Waals surface area contributed by atoms with Gasteiger partial charge in [-0.15, -0.1) is 0 Å². The summed E-state index contributed by atoms with van der Waals surface area (Å²) in [5, 5.41) is 34.1. The first kappa shape index (κ1) is 46.7. The Morgan fingerprint density at radius 1 is 0.471 bits per heavy atom. The molecule has 1 aliphatic carbocycles. The van der Waals surface area contributed by atoms with Gasteiger partial charge in [0.1, 0.15) is 37.9 Å². The number of thiol groups is 3. The van der Waals surface area contributed by atoms with E-state index in [1.807, 2.05) is 0 Å². The van der Waals surface area contributed by atoms with Crippen LogP contribution in [0.1, 0.15) is 19.3 Å². The van der Waals surface area contributed by atoms with Crippen molar-refractivity contribution in [2.75, 3.05) is 96.5 Å². The smallest absolute Gasteiger partial charge is 0.329 e. The maximum Gasteiger partial charge on any atom is 0.329 e. The van der Waals surface area contributed by atoms with Gasteiger partial charge in [0.2, 0.25) is 17.7 Å². The minimum atomic E-state index is -1.17. The third kappa shape index (κ3) is 18.8. The van der Waals surface area contributed by atoms with Gasteiger partial charge in [-0.3, -0.25) is 14.4 Å². The maximum absolute atomic E-state index is 13.5. The second-order valence-electron chi connectivity index (χ2n) is 11.0. The lowest BCUT2D eigenvalue weighted by Crippen LogP contribution is -2.52. The minimum Gasteiger partial charge on any atom is -0.462 e. The summed E-state index contributed by atoms with van der Waals surface area (Å²) < 4.78 is 30.5.